The van der Waals surface area contributed by atoms with Gasteiger partial charge in [-0.05, 0) is 24.6 Å². The molecular weight excluding hydrogens is 264 g/mol. The van der Waals surface area contributed by atoms with Crippen LogP contribution in [0, 0.1) is 0 Å². The molecule has 0 saturated heterocycles. The molecule has 1 aliphatic rings. The maximum absolute atomic E-state index is 14.4. The van der Waals surface area contributed by atoms with Crippen molar-refractivity contribution in [3.8, 4) is 5.69 Å². The first-order chi connectivity index (χ1) is 9.36. The Kier molecular flexibility index (Phi) is 2.48. The Morgan fingerprint density at radius 1 is 1.40 bits per heavy atom. The van der Waals surface area contributed by atoms with Gasteiger partial charge in [0.05, 0.1) is 16.7 Å². The second kappa shape index (κ2) is 3.88. The topological polar surface area (TPSA) is 60.9 Å². The average Bonchev–Trinajstić information content (AvgIpc) is 2.96. The summed E-state index contributed by atoms with van der Waals surface area (Å²) in [7, 11) is 0. The minimum Gasteiger partial charge on any atom is -0.369 e. The molecule has 20 heavy (non-hydrogen) atoms. The van der Waals surface area contributed by atoms with Gasteiger partial charge in [0.2, 0.25) is 5.91 Å². The number of rotatable bonds is 2. The maximum atomic E-state index is 14.4. The van der Waals surface area contributed by atoms with E-state index in [1.165, 1.54) is 23.9 Å². The molecule has 4 nitrogen and oxygen atoms in total. The molecule has 1 aromatic carbocycles. The lowest BCUT2D eigenvalue weighted by molar-refractivity contribution is -0.125. The van der Waals surface area contributed by atoms with Gasteiger partial charge >= 0.3 is 0 Å². The van der Waals surface area contributed by atoms with E-state index in [2.05, 4.69) is 5.10 Å². The van der Waals surface area contributed by atoms with Crippen LogP contribution in [0.2, 0.25) is 0 Å². The number of amides is 1. The highest BCUT2D eigenvalue weighted by Crippen LogP contribution is 2.53. The van der Waals surface area contributed by atoms with E-state index >= 15 is 0 Å². The molecule has 2 aromatic rings. The monoisotopic (exact) mass is 277 g/mol. The predicted molar refractivity (Wildman–Crippen MR) is 68.6 cm³/mol. The number of halogens is 2. The summed E-state index contributed by atoms with van der Waals surface area (Å²) in [6.45, 7) is 1.46. The molecule has 104 valence electrons. The third-order valence-corrected chi connectivity index (χ3v) is 3.87. The first-order valence-corrected chi connectivity index (χ1v) is 6.18. The number of carbonyl (C=O) groups is 1. The fourth-order valence-electron chi connectivity index (χ4n) is 2.83. The predicted octanol–water partition coefficient (Wildman–Crippen LogP) is 2.11. The molecular formula is C14H13F2N3O. The summed E-state index contributed by atoms with van der Waals surface area (Å²) in [5.41, 5.74) is 4.38. The summed E-state index contributed by atoms with van der Waals surface area (Å²) >= 11 is 0. The van der Waals surface area contributed by atoms with Crippen molar-refractivity contribution in [1.82, 2.24) is 9.78 Å². The van der Waals surface area contributed by atoms with Gasteiger partial charge in [0.1, 0.15) is 0 Å². The zero-order chi connectivity index (χ0) is 14.5. The number of benzene rings is 1. The lowest BCUT2D eigenvalue weighted by Gasteiger charge is -2.20. The fourth-order valence-corrected chi connectivity index (χ4v) is 2.83. The molecule has 0 radical (unpaired) electrons. The number of aromatic nitrogens is 2. The van der Waals surface area contributed by atoms with E-state index in [1.54, 1.807) is 24.4 Å². The second-order valence-electron chi connectivity index (χ2n) is 5.23. The summed E-state index contributed by atoms with van der Waals surface area (Å²) in [4.78, 5) is 11.6. The molecule has 0 saturated carbocycles. The first-order valence-electron chi connectivity index (χ1n) is 6.18. The SMILES string of the molecule is CC1(C(N)=O)CC(F)(F)c2c(-n3cccn3)cccc21. The van der Waals surface area contributed by atoms with E-state index in [4.69, 9.17) is 5.73 Å². The van der Waals surface area contributed by atoms with Crippen LogP contribution in [0.15, 0.2) is 36.7 Å². The summed E-state index contributed by atoms with van der Waals surface area (Å²) in [6.07, 6.45) is 2.49. The van der Waals surface area contributed by atoms with Crippen LogP contribution in [-0.4, -0.2) is 15.7 Å². The molecule has 1 heterocycles. The van der Waals surface area contributed by atoms with E-state index in [0.717, 1.165) is 0 Å². The highest BCUT2D eigenvalue weighted by Gasteiger charge is 2.55. The molecule has 1 unspecified atom stereocenters. The van der Waals surface area contributed by atoms with Crippen molar-refractivity contribution < 1.29 is 13.6 Å². The van der Waals surface area contributed by atoms with Crippen LogP contribution in [0.25, 0.3) is 5.69 Å². The quantitative estimate of drug-likeness (QED) is 0.914. The number of nitrogens with zero attached hydrogens (tertiary/aromatic N) is 2. The van der Waals surface area contributed by atoms with Crippen LogP contribution in [0.3, 0.4) is 0 Å². The van der Waals surface area contributed by atoms with Crippen molar-refractivity contribution in [2.75, 3.05) is 0 Å². The van der Waals surface area contributed by atoms with Crippen molar-refractivity contribution in [1.29, 1.82) is 0 Å². The van der Waals surface area contributed by atoms with Gasteiger partial charge in [0.15, 0.2) is 0 Å². The molecule has 0 spiro atoms. The Labute approximate surface area is 114 Å². The largest absolute Gasteiger partial charge is 0.369 e. The Hall–Kier alpha value is -2.24. The van der Waals surface area contributed by atoms with Crippen LogP contribution < -0.4 is 5.73 Å². The Morgan fingerprint density at radius 3 is 2.75 bits per heavy atom. The van der Waals surface area contributed by atoms with E-state index in [1.807, 2.05) is 0 Å². The molecule has 3 rings (SSSR count). The van der Waals surface area contributed by atoms with E-state index in [9.17, 15) is 13.6 Å². The van der Waals surface area contributed by atoms with Gasteiger partial charge in [0, 0.05) is 18.8 Å². The standard InChI is InChI=1S/C14H13F2N3O/c1-13(12(17)20)8-14(15,16)11-9(13)4-2-5-10(11)19-7-3-6-18-19/h2-7H,8H2,1H3,(H2,17,20). The Morgan fingerprint density at radius 2 is 2.15 bits per heavy atom. The number of carbonyl (C=O) groups excluding carboxylic acids is 1. The maximum Gasteiger partial charge on any atom is 0.276 e. The van der Waals surface area contributed by atoms with Crippen molar-refractivity contribution in [3.05, 3.63) is 47.8 Å². The van der Waals surface area contributed by atoms with Crippen molar-refractivity contribution in [3.63, 3.8) is 0 Å². The fraction of sp³-hybridized carbons (Fsp3) is 0.286. The third kappa shape index (κ3) is 1.57. The van der Waals surface area contributed by atoms with Crippen LogP contribution in [0.1, 0.15) is 24.5 Å². The molecule has 2 N–H and O–H groups in total. The summed E-state index contributed by atoms with van der Waals surface area (Å²) < 4.78 is 30.2. The second-order valence-corrected chi connectivity index (χ2v) is 5.23. The number of hydrogen-bond acceptors (Lipinski definition) is 2. The molecule has 0 bridgehead atoms. The normalized spacial score (nSPS) is 23.6. The number of primary amides is 1. The van der Waals surface area contributed by atoms with Gasteiger partial charge in [-0.3, -0.25) is 4.79 Å². The lowest BCUT2D eigenvalue weighted by atomic mass is 9.83. The number of nitrogens with two attached hydrogens (primary N) is 1. The van der Waals surface area contributed by atoms with E-state index in [0.29, 0.717) is 0 Å². The minimum atomic E-state index is -3.11. The average molecular weight is 277 g/mol. The van der Waals surface area contributed by atoms with Gasteiger partial charge in [-0.15, -0.1) is 0 Å². The third-order valence-electron chi connectivity index (χ3n) is 3.87. The van der Waals surface area contributed by atoms with Gasteiger partial charge < -0.3 is 5.73 Å². The summed E-state index contributed by atoms with van der Waals surface area (Å²) in [5.74, 6) is -3.85. The highest BCUT2D eigenvalue weighted by molar-refractivity contribution is 5.88. The first kappa shape index (κ1) is 12.8. The smallest absolute Gasteiger partial charge is 0.276 e. The van der Waals surface area contributed by atoms with Crippen molar-refractivity contribution in [2.45, 2.75) is 24.7 Å². The molecule has 0 aliphatic heterocycles. The molecule has 1 aliphatic carbocycles. The number of alkyl halides is 2. The van der Waals surface area contributed by atoms with Gasteiger partial charge in [-0.1, -0.05) is 12.1 Å². The van der Waals surface area contributed by atoms with Gasteiger partial charge in [-0.2, -0.15) is 5.10 Å². The van der Waals surface area contributed by atoms with Gasteiger partial charge in [0.25, 0.3) is 5.92 Å². The number of fused-ring (bicyclic) bond motifs is 1. The van der Waals surface area contributed by atoms with Gasteiger partial charge in [-0.25, -0.2) is 13.5 Å². The van der Waals surface area contributed by atoms with Crippen LogP contribution in [0.4, 0.5) is 8.78 Å². The zero-order valence-electron chi connectivity index (χ0n) is 10.8. The van der Waals surface area contributed by atoms with E-state index in [-0.39, 0.29) is 16.8 Å². The van der Waals surface area contributed by atoms with Crippen LogP contribution in [-0.2, 0) is 16.1 Å². The van der Waals surface area contributed by atoms with Crippen molar-refractivity contribution in [2.24, 2.45) is 5.73 Å². The molecule has 6 heteroatoms. The van der Waals surface area contributed by atoms with Crippen LogP contribution in [0.5, 0.6) is 0 Å². The zero-order valence-corrected chi connectivity index (χ0v) is 10.8. The highest BCUT2D eigenvalue weighted by atomic mass is 19.3. The Bertz CT molecular complexity index is 682. The van der Waals surface area contributed by atoms with Crippen LogP contribution >= 0.6 is 0 Å². The molecule has 1 aromatic heterocycles. The minimum absolute atomic E-state index is 0.162. The van der Waals surface area contributed by atoms with E-state index < -0.39 is 23.7 Å². The molecule has 1 amide bonds. The Balaban J connectivity index is 2.31. The summed E-state index contributed by atoms with van der Waals surface area (Å²) in [6, 6.07) is 6.39. The lowest BCUT2D eigenvalue weighted by Crippen LogP contribution is -2.37. The molecule has 0 fully saturated rings. The summed E-state index contributed by atoms with van der Waals surface area (Å²) in [5, 5.41) is 3.99. The molecule has 1 atom stereocenters. The number of hydrogen-bond donors (Lipinski definition) is 1. The van der Waals surface area contributed by atoms with Crippen molar-refractivity contribution >= 4 is 5.91 Å².